The molecule has 6 heteroatoms. The van der Waals surface area contributed by atoms with E-state index in [4.69, 9.17) is 9.84 Å². The van der Waals surface area contributed by atoms with Gasteiger partial charge >= 0.3 is 11.9 Å². The Kier molecular flexibility index (Phi) is 10.4. The first-order valence-electron chi connectivity index (χ1n) is 10.3. The van der Waals surface area contributed by atoms with E-state index in [0.29, 0.717) is 39.1 Å². The molecule has 0 aliphatic heterocycles. The van der Waals surface area contributed by atoms with E-state index in [1.54, 1.807) is 44.2 Å². The van der Waals surface area contributed by atoms with E-state index in [1.807, 2.05) is 6.92 Å². The van der Waals surface area contributed by atoms with Gasteiger partial charge in [0.15, 0.2) is 0 Å². The minimum atomic E-state index is -0.961. The van der Waals surface area contributed by atoms with Crippen LogP contribution in [0.2, 0.25) is 0 Å². The lowest BCUT2D eigenvalue weighted by Gasteiger charge is -2.29. The highest BCUT2D eigenvalue weighted by atomic mass is 16.5. The topological polar surface area (TPSA) is 87.1 Å². The number of hydrogen-bond acceptors (Lipinski definition) is 4. The Labute approximate surface area is 185 Å². The zero-order valence-corrected chi connectivity index (χ0v) is 18.9. The summed E-state index contributed by atoms with van der Waals surface area (Å²) in [6.07, 6.45) is 2.69. The maximum absolute atomic E-state index is 11.4. The third-order valence-electron chi connectivity index (χ3n) is 5.19. The normalized spacial score (nSPS) is 12.4. The van der Waals surface area contributed by atoms with Crippen LogP contribution in [0.4, 0.5) is 0 Å². The number of hydrogen-bond donors (Lipinski definition) is 2. The molecule has 1 aromatic rings. The molecule has 31 heavy (non-hydrogen) atoms. The van der Waals surface area contributed by atoms with E-state index in [0.717, 1.165) is 16.7 Å². The Balaban J connectivity index is 2.92. The first-order valence-corrected chi connectivity index (χ1v) is 10.3. The number of ether oxygens (including phenoxy) is 1. The van der Waals surface area contributed by atoms with E-state index in [9.17, 15) is 14.7 Å². The van der Waals surface area contributed by atoms with Gasteiger partial charge in [-0.2, -0.15) is 0 Å². The zero-order valence-electron chi connectivity index (χ0n) is 18.9. The average molecular weight is 430 g/mol. The second-order valence-electron chi connectivity index (χ2n) is 8.54. The van der Waals surface area contributed by atoms with Crippen molar-refractivity contribution < 1.29 is 24.5 Å². The molecule has 170 valence electrons. The maximum atomic E-state index is 11.4. The fourth-order valence-corrected chi connectivity index (χ4v) is 2.95. The summed E-state index contributed by atoms with van der Waals surface area (Å²) in [7, 11) is 0. The van der Waals surface area contributed by atoms with Crippen LogP contribution in [0.3, 0.4) is 0 Å². The van der Waals surface area contributed by atoms with Gasteiger partial charge in [-0.3, -0.25) is 9.69 Å². The predicted octanol–water partition coefficient (Wildman–Crippen LogP) is 4.78. The molecule has 0 fully saturated rings. The number of rotatable bonds is 15. The van der Waals surface area contributed by atoms with Gasteiger partial charge in [0, 0.05) is 13.1 Å². The van der Waals surface area contributed by atoms with Crippen LogP contribution in [-0.4, -0.2) is 52.9 Å². The third kappa shape index (κ3) is 9.32. The first-order chi connectivity index (χ1) is 14.5. The van der Waals surface area contributed by atoms with Crippen LogP contribution < -0.4 is 0 Å². The fourth-order valence-electron chi connectivity index (χ4n) is 2.95. The van der Waals surface area contributed by atoms with Gasteiger partial charge in [0.05, 0.1) is 23.7 Å². The molecule has 1 atom stereocenters. The molecule has 0 heterocycles. The lowest BCUT2D eigenvalue weighted by atomic mass is 9.88. The van der Waals surface area contributed by atoms with Gasteiger partial charge in [0.25, 0.3) is 0 Å². The van der Waals surface area contributed by atoms with Crippen LogP contribution in [0.5, 0.6) is 0 Å². The Morgan fingerprint density at radius 3 is 2.29 bits per heavy atom. The van der Waals surface area contributed by atoms with Gasteiger partial charge in [-0.1, -0.05) is 43.5 Å². The van der Waals surface area contributed by atoms with Gasteiger partial charge in [0.2, 0.25) is 0 Å². The van der Waals surface area contributed by atoms with Crippen LogP contribution in [-0.2, 0) is 16.1 Å². The molecule has 0 saturated carbocycles. The third-order valence-corrected chi connectivity index (χ3v) is 5.19. The highest BCUT2D eigenvalue weighted by molar-refractivity contribution is 5.87. The first kappa shape index (κ1) is 26.3. The molecular formula is C25H35NO5. The zero-order chi connectivity index (χ0) is 23.6. The number of aliphatic carboxylic acids is 1. The molecule has 0 saturated heterocycles. The average Bonchev–Trinajstić information content (AvgIpc) is 2.70. The van der Waals surface area contributed by atoms with Crippen molar-refractivity contribution in [1.82, 2.24) is 4.90 Å². The number of carboxylic acid groups (broad SMARTS) is 2. The quantitative estimate of drug-likeness (QED) is 0.308. The smallest absolute Gasteiger partial charge is 0.335 e. The van der Waals surface area contributed by atoms with Crippen molar-refractivity contribution in [2.75, 3.05) is 19.7 Å². The molecule has 0 radical (unpaired) electrons. The number of carboxylic acids is 2. The summed E-state index contributed by atoms with van der Waals surface area (Å²) in [5, 5.41) is 18.5. The van der Waals surface area contributed by atoms with Crippen molar-refractivity contribution in [3.63, 3.8) is 0 Å². The maximum Gasteiger partial charge on any atom is 0.335 e. The van der Waals surface area contributed by atoms with Crippen molar-refractivity contribution in [3.8, 4) is 0 Å². The fraction of sp³-hybridized carbons (Fsp3) is 0.440. The monoisotopic (exact) mass is 429 g/mol. The Morgan fingerprint density at radius 2 is 1.81 bits per heavy atom. The summed E-state index contributed by atoms with van der Waals surface area (Å²) in [4.78, 5) is 24.7. The van der Waals surface area contributed by atoms with E-state index < -0.39 is 17.4 Å². The van der Waals surface area contributed by atoms with Gasteiger partial charge in [-0.15, -0.1) is 0 Å². The summed E-state index contributed by atoms with van der Waals surface area (Å²) < 4.78 is 5.98. The van der Waals surface area contributed by atoms with Crippen molar-refractivity contribution in [2.24, 2.45) is 5.41 Å². The predicted molar refractivity (Wildman–Crippen MR) is 123 cm³/mol. The van der Waals surface area contributed by atoms with Crippen LogP contribution in [0.1, 0.15) is 49.5 Å². The molecule has 0 aromatic heterocycles. The molecule has 0 amide bonds. The second-order valence-corrected chi connectivity index (χ2v) is 8.54. The molecule has 1 unspecified atom stereocenters. The van der Waals surface area contributed by atoms with Crippen LogP contribution in [0.15, 0.2) is 61.2 Å². The molecular weight excluding hydrogens is 394 g/mol. The van der Waals surface area contributed by atoms with Gasteiger partial charge < -0.3 is 14.9 Å². The van der Waals surface area contributed by atoms with Gasteiger partial charge in [-0.05, 0) is 63.4 Å². The Morgan fingerprint density at radius 1 is 1.19 bits per heavy atom. The highest BCUT2D eigenvalue weighted by Crippen LogP contribution is 2.23. The lowest BCUT2D eigenvalue weighted by Crippen LogP contribution is -2.36. The molecule has 0 spiro atoms. The van der Waals surface area contributed by atoms with Gasteiger partial charge in [0.1, 0.15) is 0 Å². The van der Waals surface area contributed by atoms with Crippen LogP contribution in [0.25, 0.3) is 0 Å². The lowest BCUT2D eigenvalue weighted by molar-refractivity contribution is -0.147. The Bertz CT molecular complexity index is 795. The number of carbonyl (C=O) groups is 2. The SMILES string of the molecule is C=CC(=C)COC(CN(CCCC(C)(C)C(=O)O)Cc1ccc(C(=O)O)cc1)C(=C)C. The minimum absolute atomic E-state index is 0.220. The van der Waals surface area contributed by atoms with Gasteiger partial charge in [-0.25, -0.2) is 4.79 Å². The van der Waals surface area contributed by atoms with E-state index >= 15 is 0 Å². The largest absolute Gasteiger partial charge is 0.481 e. The number of nitrogens with zero attached hydrogens (tertiary/aromatic N) is 1. The molecule has 6 nitrogen and oxygen atoms in total. The molecule has 1 aromatic carbocycles. The molecule has 0 bridgehead atoms. The molecule has 2 N–H and O–H groups in total. The van der Waals surface area contributed by atoms with Crippen molar-refractivity contribution >= 4 is 11.9 Å². The Hall–Kier alpha value is -2.70. The summed E-state index contributed by atoms with van der Waals surface area (Å²) in [6, 6.07) is 6.77. The van der Waals surface area contributed by atoms with Crippen molar-refractivity contribution in [2.45, 2.75) is 46.3 Å². The summed E-state index contributed by atoms with van der Waals surface area (Å²) in [5.41, 5.74) is 2.09. The minimum Gasteiger partial charge on any atom is -0.481 e. The summed E-state index contributed by atoms with van der Waals surface area (Å²) in [6.45, 7) is 19.2. The van der Waals surface area contributed by atoms with Crippen LogP contribution in [0, 0.1) is 5.41 Å². The highest BCUT2D eigenvalue weighted by Gasteiger charge is 2.27. The van der Waals surface area contributed by atoms with Crippen molar-refractivity contribution in [3.05, 3.63) is 72.4 Å². The summed E-state index contributed by atoms with van der Waals surface area (Å²) >= 11 is 0. The van der Waals surface area contributed by atoms with E-state index in [1.165, 1.54) is 0 Å². The molecule has 0 aliphatic carbocycles. The van der Waals surface area contributed by atoms with Crippen molar-refractivity contribution in [1.29, 1.82) is 0 Å². The number of benzene rings is 1. The molecule has 0 aliphatic rings. The van der Waals surface area contributed by atoms with Crippen LogP contribution >= 0.6 is 0 Å². The molecule has 1 rings (SSSR count). The summed E-state index contributed by atoms with van der Waals surface area (Å²) in [5.74, 6) is -1.77. The number of aromatic carboxylic acids is 1. The van der Waals surface area contributed by atoms with E-state index in [2.05, 4.69) is 24.6 Å². The second kappa shape index (κ2) is 12.2. The standard InChI is InChI=1S/C25H35NO5/c1-7-19(4)17-31-22(18(2)3)16-26(14-8-13-25(5,6)24(29)30)15-20-9-11-21(12-10-20)23(27)28/h7,9-12,22H,1-2,4,8,13-17H2,3,5-6H3,(H,27,28)(H,29,30). The van der Waals surface area contributed by atoms with E-state index in [-0.39, 0.29) is 11.7 Å².